The third-order valence-electron chi connectivity index (χ3n) is 2.39. The van der Waals surface area contributed by atoms with E-state index in [2.05, 4.69) is 5.32 Å². The van der Waals surface area contributed by atoms with Gasteiger partial charge in [0, 0.05) is 24.2 Å². The van der Waals surface area contributed by atoms with E-state index in [1.807, 2.05) is 30.3 Å². The van der Waals surface area contributed by atoms with Crippen molar-refractivity contribution in [1.82, 2.24) is 5.32 Å². The summed E-state index contributed by atoms with van der Waals surface area (Å²) in [5.74, 6) is -0.603. The van der Waals surface area contributed by atoms with Crippen LogP contribution in [-0.4, -0.2) is 42.5 Å². The highest BCUT2D eigenvalue weighted by atomic mass is 32.2. The molecule has 0 aliphatic rings. The van der Waals surface area contributed by atoms with Gasteiger partial charge in [-0.05, 0) is 12.1 Å². The van der Waals surface area contributed by atoms with E-state index in [4.69, 9.17) is 9.84 Å². The minimum Gasteiger partial charge on any atom is -0.479 e. The molecule has 0 heterocycles. The standard InChI is InChI=1S/C13H17NO4S/c1-18-11(13(16)17)9-14-12(15)7-8-19-10-5-3-2-4-6-10/h2-6,11H,7-9H2,1H3,(H,14,15)(H,16,17). The predicted octanol–water partition coefficient (Wildman–Crippen LogP) is 1.38. The molecular formula is C13H17NO4S. The second-order valence-electron chi connectivity index (χ2n) is 3.78. The molecule has 6 heteroatoms. The van der Waals surface area contributed by atoms with Crippen molar-refractivity contribution in [3.8, 4) is 0 Å². The number of ether oxygens (including phenoxy) is 1. The van der Waals surface area contributed by atoms with Crippen LogP contribution in [0.5, 0.6) is 0 Å². The van der Waals surface area contributed by atoms with Crippen molar-refractivity contribution in [2.75, 3.05) is 19.4 Å². The van der Waals surface area contributed by atoms with Gasteiger partial charge in [-0.1, -0.05) is 18.2 Å². The van der Waals surface area contributed by atoms with Gasteiger partial charge in [0.2, 0.25) is 5.91 Å². The van der Waals surface area contributed by atoms with Crippen molar-refractivity contribution < 1.29 is 19.4 Å². The van der Waals surface area contributed by atoms with Crippen LogP contribution < -0.4 is 5.32 Å². The van der Waals surface area contributed by atoms with Crippen molar-refractivity contribution in [3.63, 3.8) is 0 Å². The maximum atomic E-state index is 11.5. The first-order chi connectivity index (χ1) is 9.13. The summed E-state index contributed by atoms with van der Waals surface area (Å²) >= 11 is 1.59. The Hall–Kier alpha value is -1.53. The fraction of sp³-hybridized carbons (Fsp3) is 0.385. The molecule has 0 aliphatic heterocycles. The Balaban J connectivity index is 2.19. The summed E-state index contributed by atoms with van der Waals surface area (Å²) in [5, 5.41) is 11.3. The molecule has 0 aromatic heterocycles. The molecule has 0 saturated carbocycles. The van der Waals surface area contributed by atoms with Crippen LogP contribution in [0.4, 0.5) is 0 Å². The lowest BCUT2D eigenvalue weighted by atomic mass is 10.3. The van der Waals surface area contributed by atoms with Gasteiger partial charge < -0.3 is 15.2 Å². The Kier molecular flexibility index (Phi) is 6.99. The van der Waals surface area contributed by atoms with Crippen LogP contribution in [0.1, 0.15) is 6.42 Å². The second-order valence-corrected chi connectivity index (χ2v) is 4.95. The number of carbonyl (C=O) groups is 2. The molecule has 1 aromatic carbocycles. The molecule has 104 valence electrons. The van der Waals surface area contributed by atoms with Crippen LogP contribution in [0.15, 0.2) is 35.2 Å². The monoisotopic (exact) mass is 283 g/mol. The number of carbonyl (C=O) groups excluding carboxylic acids is 1. The summed E-state index contributed by atoms with van der Waals surface area (Å²) in [6, 6.07) is 9.78. The zero-order valence-corrected chi connectivity index (χ0v) is 11.5. The van der Waals surface area contributed by atoms with Crippen molar-refractivity contribution >= 4 is 23.6 Å². The minimum absolute atomic E-state index is 0.0132. The molecule has 1 atom stereocenters. The number of benzene rings is 1. The predicted molar refractivity (Wildman–Crippen MR) is 73.2 cm³/mol. The Morgan fingerprint density at radius 2 is 2.05 bits per heavy atom. The Bertz CT molecular complexity index is 410. The van der Waals surface area contributed by atoms with E-state index in [-0.39, 0.29) is 12.5 Å². The SMILES string of the molecule is COC(CNC(=O)CCSc1ccccc1)C(=O)O. The molecule has 0 spiro atoms. The van der Waals surface area contributed by atoms with E-state index >= 15 is 0 Å². The van der Waals surface area contributed by atoms with Crippen LogP contribution in [0.2, 0.25) is 0 Å². The summed E-state index contributed by atoms with van der Waals surface area (Å²) in [6.45, 7) is -0.0132. The smallest absolute Gasteiger partial charge is 0.334 e. The summed E-state index contributed by atoms with van der Waals surface area (Å²) in [4.78, 5) is 23.3. The number of methoxy groups -OCH3 is 1. The largest absolute Gasteiger partial charge is 0.479 e. The van der Waals surface area contributed by atoms with Gasteiger partial charge >= 0.3 is 5.97 Å². The molecule has 0 saturated heterocycles. The number of amides is 1. The van der Waals surface area contributed by atoms with Crippen LogP contribution >= 0.6 is 11.8 Å². The van der Waals surface area contributed by atoms with Gasteiger partial charge in [0.05, 0.1) is 6.54 Å². The normalized spacial score (nSPS) is 11.8. The van der Waals surface area contributed by atoms with Crippen molar-refractivity contribution in [1.29, 1.82) is 0 Å². The molecule has 0 bridgehead atoms. The van der Waals surface area contributed by atoms with Gasteiger partial charge in [-0.15, -0.1) is 11.8 Å². The van der Waals surface area contributed by atoms with E-state index in [0.29, 0.717) is 12.2 Å². The topological polar surface area (TPSA) is 75.6 Å². The molecule has 1 rings (SSSR count). The number of rotatable bonds is 8. The highest BCUT2D eigenvalue weighted by Crippen LogP contribution is 2.17. The number of aliphatic carboxylic acids is 1. The lowest BCUT2D eigenvalue weighted by Crippen LogP contribution is -2.37. The highest BCUT2D eigenvalue weighted by molar-refractivity contribution is 7.99. The molecule has 0 fully saturated rings. The van der Waals surface area contributed by atoms with Crippen LogP contribution in [0, 0.1) is 0 Å². The van der Waals surface area contributed by atoms with Crippen molar-refractivity contribution in [3.05, 3.63) is 30.3 Å². The van der Waals surface area contributed by atoms with E-state index in [9.17, 15) is 9.59 Å². The van der Waals surface area contributed by atoms with Crippen molar-refractivity contribution in [2.45, 2.75) is 17.4 Å². The Morgan fingerprint density at radius 3 is 2.63 bits per heavy atom. The molecule has 1 unspecified atom stereocenters. The molecule has 19 heavy (non-hydrogen) atoms. The first kappa shape index (κ1) is 15.5. The first-order valence-electron chi connectivity index (χ1n) is 5.83. The summed E-state index contributed by atoms with van der Waals surface area (Å²) in [7, 11) is 1.30. The number of carboxylic acids is 1. The zero-order chi connectivity index (χ0) is 14.1. The fourth-order valence-corrected chi connectivity index (χ4v) is 2.22. The summed E-state index contributed by atoms with van der Waals surface area (Å²) < 4.78 is 4.72. The van der Waals surface area contributed by atoms with Crippen molar-refractivity contribution in [2.24, 2.45) is 0 Å². The van der Waals surface area contributed by atoms with Crippen LogP contribution in [0.3, 0.4) is 0 Å². The molecule has 0 radical (unpaired) electrons. The molecule has 1 amide bonds. The highest BCUT2D eigenvalue weighted by Gasteiger charge is 2.16. The number of hydrogen-bond donors (Lipinski definition) is 2. The average molecular weight is 283 g/mol. The Morgan fingerprint density at radius 1 is 1.37 bits per heavy atom. The number of carboxylic acid groups (broad SMARTS) is 1. The molecule has 0 aliphatic carbocycles. The van der Waals surface area contributed by atoms with E-state index in [0.717, 1.165) is 4.90 Å². The van der Waals surface area contributed by atoms with Gasteiger partial charge in [-0.3, -0.25) is 4.79 Å². The number of nitrogens with one attached hydrogen (secondary N) is 1. The Labute approximate surface area is 116 Å². The van der Waals surface area contributed by atoms with Gasteiger partial charge in [-0.2, -0.15) is 0 Å². The molecule has 2 N–H and O–H groups in total. The lowest BCUT2D eigenvalue weighted by molar-refractivity contribution is -0.148. The lowest BCUT2D eigenvalue weighted by Gasteiger charge is -2.11. The van der Waals surface area contributed by atoms with Crippen LogP contribution in [0.25, 0.3) is 0 Å². The molecular weight excluding hydrogens is 266 g/mol. The van der Waals surface area contributed by atoms with E-state index < -0.39 is 12.1 Å². The van der Waals surface area contributed by atoms with Gasteiger partial charge in [0.15, 0.2) is 6.10 Å². The van der Waals surface area contributed by atoms with E-state index in [1.54, 1.807) is 11.8 Å². The second kappa shape index (κ2) is 8.55. The molecule has 5 nitrogen and oxygen atoms in total. The zero-order valence-electron chi connectivity index (χ0n) is 10.7. The van der Waals surface area contributed by atoms with Gasteiger partial charge in [0.1, 0.15) is 0 Å². The van der Waals surface area contributed by atoms with Gasteiger partial charge in [-0.25, -0.2) is 4.79 Å². The third kappa shape index (κ3) is 6.26. The first-order valence-corrected chi connectivity index (χ1v) is 6.82. The average Bonchev–Trinajstić information content (AvgIpc) is 2.40. The summed E-state index contributed by atoms with van der Waals surface area (Å²) in [6.07, 6.45) is -0.652. The number of hydrogen-bond acceptors (Lipinski definition) is 4. The van der Waals surface area contributed by atoms with Gasteiger partial charge in [0.25, 0.3) is 0 Å². The quantitative estimate of drug-likeness (QED) is 0.705. The van der Waals surface area contributed by atoms with E-state index in [1.165, 1.54) is 7.11 Å². The fourth-order valence-electron chi connectivity index (χ4n) is 1.34. The minimum atomic E-state index is -1.08. The number of thioether (sulfide) groups is 1. The van der Waals surface area contributed by atoms with Crippen LogP contribution in [-0.2, 0) is 14.3 Å². The molecule has 1 aromatic rings. The maximum absolute atomic E-state index is 11.5. The maximum Gasteiger partial charge on any atom is 0.334 e. The third-order valence-corrected chi connectivity index (χ3v) is 3.40. The summed E-state index contributed by atoms with van der Waals surface area (Å²) in [5.41, 5.74) is 0.